The number of likely N-dealkylation sites (tertiary alicyclic amines) is 1. The molecule has 1 amide bonds. The maximum atomic E-state index is 14.3. The van der Waals surface area contributed by atoms with Crippen molar-refractivity contribution in [3.8, 4) is 11.5 Å². The molecule has 0 aliphatic carbocycles. The normalized spacial score (nSPS) is 14.9. The molecule has 26 heavy (non-hydrogen) atoms. The smallest absolute Gasteiger partial charge is 0.306 e. The molecule has 1 aliphatic rings. The van der Waals surface area contributed by atoms with Crippen LogP contribution in [0.15, 0.2) is 42.5 Å². The minimum atomic E-state index is -0.841. The predicted molar refractivity (Wildman–Crippen MR) is 94.2 cm³/mol. The molecule has 0 spiro atoms. The molecule has 0 saturated carbocycles. The predicted octanol–water partition coefficient (Wildman–Crippen LogP) is 4.21. The van der Waals surface area contributed by atoms with Crippen LogP contribution < -0.4 is 4.74 Å². The topological polar surface area (TPSA) is 66.8 Å². The Morgan fingerprint density at radius 1 is 1.12 bits per heavy atom. The molecule has 1 aliphatic heterocycles. The first kappa shape index (κ1) is 18.2. The van der Waals surface area contributed by atoms with Crippen LogP contribution in [0.3, 0.4) is 0 Å². The van der Waals surface area contributed by atoms with Crippen molar-refractivity contribution in [3.63, 3.8) is 0 Å². The average molecular weight is 378 g/mol. The molecule has 1 heterocycles. The van der Waals surface area contributed by atoms with Gasteiger partial charge < -0.3 is 14.7 Å². The van der Waals surface area contributed by atoms with Crippen LogP contribution in [0.2, 0.25) is 5.02 Å². The molecule has 5 nitrogen and oxygen atoms in total. The van der Waals surface area contributed by atoms with E-state index in [-0.39, 0.29) is 17.2 Å². The molecule has 2 aromatic carbocycles. The van der Waals surface area contributed by atoms with Gasteiger partial charge in [-0.25, -0.2) is 4.39 Å². The van der Waals surface area contributed by atoms with E-state index in [1.54, 1.807) is 29.2 Å². The van der Waals surface area contributed by atoms with Gasteiger partial charge in [0.15, 0.2) is 11.6 Å². The molecule has 1 saturated heterocycles. The fourth-order valence-electron chi connectivity index (χ4n) is 2.86. The number of carbonyl (C=O) groups is 2. The molecule has 0 aromatic heterocycles. The van der Waals surface area contributed by atoms with Crippen molar-refractivity contribution < 1.29 is 23.8 Å². The second-order valence-electron chi connectivity index (χ2n) is 6.11. The maximum absolute atomic E-state index is 14.3. The molecule has 0 atom stereocenters. The lowest BCUT2D eigenvalue weighted by Gasteiger charge is -2.30. The Morgan fingerprint density at radius 2 is 1.77 bits per heavy atom. The van der Waals surface area contributed by atoms with E-state index in [0.717, 1.165) is 6.07 Å². The summed E-state index contributed by atoms with van der Waals surface area (Å²) >= 11 is 5.80. The summed E-state index contributed by atoms with van der Waals surface area (Å²) in [5, 5.41) is 9.56. The third-order valence-corrected chi connectivity index (χ3v) is 4.60. The lowest BCUT2D eigenvalue weighted by molar-refractivity contribution is -0.143. The van der Waals surface area contributed by atoms with E-state index in [1.165, 1.54) is 12.1 Å². The number of aliphatic carboxylic acids is 1. The Morgan fingerprint density at radius 3 is 2.35 bits per heavy atom. The number of benzene rings is 2. The molecule has 1 fully saturated rings. The molecule has 1 N–H and O–H groups in total. The minimum absolute atomic E-state index is 0.00783. The number of halogens is 2. The molecule has 0 bridgehead atoms. The second kappa shape index (κ2) is 7.74. The van der Waals surface area contributed by atoms with Crippen LogP contribution in [0.4, 0.5) is 4.39 Å². The number of piperidine rings is 1. The van der Waals surface area contributed by atoms with E-state index in [4.69, 9.17) is 21.4 Å². The molecule has 7 heteroatoms. The van der Waals surface area contributed by atoms with Gasteiger partial charge in [-0.3, -0.25) is 9.59 Å². The van der Waals surface area contributed by atoms with Crippen LogP contribution in [0.5, 0.6) is 11.5 Å². The average Bonchev–Trinajstić information content (AvgIpc) is 2.64. The van der Waals surface area contributed by atoms with Crippen molar-refractivity contribution >= 4 is 23.5 Å². The van der Waals surface area contributed by atoms with Crippen LogP contribution in [-0.4, -0.2) is 35.0 Å². The van der Waals surface area contributed by atoms with E-state index in [1.807, 2.05) is 0 Å². The zero-order valence-corrected chi connectivity index (χ0v) is 14.6. The number of rotatable bonds is 4. The minimum Gasteiger partial charge on any atom is -0.481 e. The summed E-state index contributed by atoms with van der Waals surface area (Å²) in [4.78, 5) is 25.0. The number of nitrogens with zero attached hydrogens (tertiary/aromatic N) is 1. The Bertz CT molecular complexity index is 817. The van der Waals surface area contributed by atoms with Crippen LogP contribution in [0.25, 0.3) is 0 Å². The van der Waals surface area contributed by atoms with Gasteiger partial charge >= 0.3 is 5.97 Å². The van der Waals surface area contributed by atoms with Crippen molar-refractivity contribution in [2.75, 3.05) is 13.1 Å². The summed E-state index contributed by atoms with van der Waals surface area (Å²) in [6.07, 6.45) is 0.808. The number of ether oxygens (including phenoxy) is 1. The van der Waals surface area contributed by atoms with E-state index in [2.05, 4.69) is 0 Å². The number of carboxylic acids is 1. The van der Waals surface area contributed by atoms with Crippen molar-refractivity contribution in [3.05, 3.63) is 58.9 Å². The second-order valence-corrected chi connectivity index (χ2v) is 6.54. The molecule has 3 rings (SSSR count). The third kappa shape index (κ3) is 4.14. The quantitative estimate of drug-likeness (QED) is 0.866. The largest absolute Gasteiger partial charge is 0.481 e. The highest BCUT2D eigenvalue weighted by Crippen LogP contribution is 2.27. The summed E-state index contributed by atoms with van der Waals surface area (Å²) in [5.41, 5.74) is 0.208. The number of carboxylic acid groups (broad SMARTS) is 1. The van der Waals surface area contributed by atoms with Gasteiger partial charge in [0.1, 0.15) is 5.75 Å². The van der Waals surface area contributed by atoms with Crippen molar-refractivity contribution in [1.29, 1.82) is 0 Å². The monoisotopic (exact) mass is 377 g/mol. The summed E-state index contributed by atoms with van der Waals surface area (Å²) in [6, 6.07) is 10.5. The van der Waals surface area contributed by atoms with Gasteiger partial charge in [-0.15, -0.1) is 0 Å². The van der Waals surface area contributed by atoms with Crippen LogP contribution in [0.1, 0.15) is 23.2 Å². The van der Waals surface area contributed by atoms with Crippen molar-refractivity contribution in [1.82, 2.24) is 4.90 Å². The first-order valence-electron chi connectivity index (χ1n) is 8.19. The first-order valence-corrected chi connectivity index (χ1v) is 8.57. The lowest BCUT2D eigenvalue weighted by Crippen LogP contribution is -2.40. The molecule has 0 radical (unpaired) electrons. The zero-order chi connectivity index (χ0) is 18.7. The van der Waals surface area contributed by atoms with Gasteiger partial charge in [-0.2, -0.15) is 0 Å². The highest BCUT2D eigenvalue weighted by molar-refractivity contribution is 6.30. The fourth-order valence-corrected chi connectivity index (χ4v) is 2.98. The Labute approximate surface area is 154 Å². The van der Waals surface area contributed by atoms with Gasteiger partial charge in [0.25, 0.3) is 5.91 Å². The Kier molecular flexibility index (Phi) is 5.42. The molecule has 0 unspecified atom stereocenters. The molecular formula is C19H17ClFNO4. The van der Waals surface area contributed by atoms with Gasteiger partial charge in [0, 0.05) is 23.7 Å². The van der Waals surface area contributed by atoms with E-state index in [9.17, 15) is 14.0 Å². The Balaban J connectivity index is 1.68. The van der Waals surface area contributed by atoms with E-state index >= 15 is 0 Å². The SMILES string of the molecule is O=C(O)C1CCN(C(=O)c2ccc(Oc3ccc(Cl)cc3)c(F)c2)CC1. The van der Waals surface area contributed by atoms with Crippen molar-refractivity contribution in [2.24, 2.45) is 5.92 Å². The van der Waals surface area contributed by atoms with Gasteiger partial charge in [0.2, 0.25) is 0 Å². The fraction of sp³-hybridized carbons (Fsp3) is 0.263. The molecule has 2 aromatic rings. The van der Waals surface area contributed by atoms with Crippen molar-refractivity contribution in [2.45, 2.75) is 12.8 Å². The van der Waals surface area contributed by atoms with E-state index in [0.29, 0.717) is 36.7 Å². The molecule has 136 valence electrons. The van der Waals surface area contributed by atoms with Gasteiger partial charge in [-0.05, 0) is 55.3 Å². The van der Waals surface area contributed by atoms with Crippen LogP contribution in [0, 0.1) is 11.7 Å². The summed E-state index contributed by atoms with van der Waals surface area (Å²) in [6.45, 7) is 0.695. The number of hydrogen-bond donors (Lipinski definition) is 1. The zero-order valence-electron chi connectivity index (χ0n) is 13.8. The Hall–Kier alpha value is -2.60. The number of amides is 1. The highest BCUT2D eigenvalue weighted by Gasteiger charge is 2.27. The van der Waals surface area contributed by atoms with Gasteiger partial charge in [0.05, 0.1) is 5.92 Å². The van der Waals surface area contributed by atoms with E-state index < -0.39 is 17.7 Å². The standard InChI is InChI=1S/C19H17ClFNO4/c20-14-2-4-15(5-3-14)26-17-6-1-13(11-16(17)21)18(23)22-9-7-12(8-10-22)19(24)25/h1-6,11-12H,7-10H2,(H,24,25). The first-order chi connectivity index (χ1) is 12.4. The highest BCUT2D eigenvalue weighted by atomic mass is 35.5. The van der Waals surface area contributed by atoms with Crippen LogP contribution >= 0.6 is 11.6 Å². The molecular weight excluding hydrogens is 361 g/mol. The summed E-state index contributed by atoms with van der Waals surface area (Å²) in [5.74, 6) is -1.79. The number of hydrogen-bond acceptors (Lipinski definition) is 3. The summed E-state index contributed by atoms with van der Waals surface area (Å²) < 4.78 is 19.8. The maximum Gasteiger partial charge on any atom is 0.306 e. The van der Waals surface area contributed by atoms with Crippen LogP contribution in [-0.2, 0) is 4.79 Å². The number of carbonyl (C=O) groups excluding carboxylic acids is 1. The lowest BCUT2D eigenvalue weighted by atomic mass is 9.96. The third-order valence-electron chi connectivity index (χ3n) is 4.35. The summed E-state index contributed by atoms with van der Waals surface area (Å²) in [7, 11) is 0. The van der Waals surface area contributed by atoms with Gasteiger partial charge in [-0.1, -0.05) is 11.6 Å².